The van der Waals surface area contributed by atoms with Crippen LogP contribution in [0.1, 0.15) is 0 Å². The second-order valence-electron chi connectivity index (χ2n) is 3.08. The van der Waals surface area contributed by atoms with Gasteiger partial charge in [0.05, 0.1) is 16.9 Å². The number of nitrogens with two attached hydrogens (primary N) is 1. The van der Waals surface area contributed by atoms with Crippen LogP contribution < -0.4 is 5.73 Å². The summed E-state index contributed by atoms with van der Waals surface area (Å²) in [5.41, 5.74) is 6.24. The summed E-state index contributed by atoms with van der Waals surface area (Å²) in [6.45, 7) is 1.07. The monoisotopic (exact) mass is 197 g/mol. The lowest BCUT2D eigenvalue weighted by Crippen LogP contribution is -2.14. The molecule has 0 aliphatic rings. The van der Waals surface area contributed by atoms with Crippen LogP contribution in [-0.2, 0) is 0 Å². The van der Waals surface area contributed by atoms with Crippen molar-refractivity contribution >= 4 is 17.4 Å². The molecule has 0 aromatic carbocycles. The van der Waals surface area contributed by atoms with Gasteiger partial charge >= 0.3 is 0 Å². The van der Waals surface area contributed by atoms with Crippen LogP contribution in [0.15, 0.2) is 23.4 Å². The van der Waals surface area contributed by atoms with Crippen molar-refractivity contribution in [3.8, 4) is 0 Å². The molecule has 0 aliphatic carbocycles. The quantitative estimate of drug-likeness (QED) is 0.739. The Kier molecular flexibility index (Phi) is 4.05. The molecule has 0 fully saturated rings. The number of hydrogen-bond donors (Lipinski definition) is 1. The van der Waals surface area contributed by atoms with E-state index in [1.807, 2.05) is 12.1 Å². The highest BCUT2D eigenvalue weighted by atomic mass is 32.2. The van der Waals surface area contributed by atoms with E-state index >= 15 is 0 Å². The lowest BCUT2D eigenvalue weighted by molar-refractivity contribution is 0.437. The van der Waals surface area contributed by atoms with Crippen molar-refractivity contribution < 1.29 is 0 Å². The molecule has 0 unspecified atom stereocenters. The second kappa shape index (κ2) is 5.09. The van der Waals surface area contributed by atoms with Gasteiger partial charge in [0.1, 0.15) is 0 Å². The predicted molar refractivity (Wildman–Crippen MR) is 57.9 cm³/mol. The molecule has 13 heavy (non-hydrogen) atoms. The third-order valence-corrected chi connectivity index (χ3v) is 2.47. The van der Waals surface area contributed by atoms with Crippen LogP contribution in [0.3, 0.4) is 0 Å². The molecule has 1 aromatic rings. The first-order valence-corrected chi connectivity index (χ1v) is 5.16. The highest BCUT2D eigenvalue weighted by Crippen LogP contribution is 2.15. The summed E-state index contributed by atoms with van der Waals surface area (Å²) in [5, 5.41) is 1.04. The molecule has 0 saturated carbocycles. The van der Waals surface area contributed by atoms with Gasteiger partial charge in [0, 0.05) is 12.3 Å². The van der Waals surface area contributed by atoms with Gasteiger partial charge in [-0.2, -0.15) is 0 Å². The lowest BCUT2D eigenvalue weighted by Gasteiger charge is -2.07. The first-order chi connectivity index (χ1) is 6.18. The van der Waals surface area contributed by atoms with Gasteiger partial charge in [0.15, 0.2) is 0 Å². The van der Waals surface area contributed by atoms with Gasteiger partial charge in [-0.15, -0.1) is 11.8 Å². The number of nitrogens with zero attached hydrogens (tertiary/aromatic N) is 2. The van der Waals surface area contributed by atoms with Crippen molar-refractivity contribution in [3.63, 3.8) is 0 Å². The van der Waals surface area contributed by atoms with E-state index in [0.29, 0.717) is 0 Å². The average molecular weight is 197 g/mol. The molecule has 0 aliphatic heterocycles. The van der Waals surface area contributed by atoms with Gasteiger partial charge in [-0.25, -0.2) is 4.98 Å². The number of nitrogen functional groups attached to an aromatic ring is 1. The molecule has 0 bridgehead atoms. The molecule has 3 nitrogen and oxygen atoms in total. The zero-order valence-electron chi connectivity index (χ0n) is 8.03. The second-order valence-corrected chi connectivity index (χ2v) is 4.20. The Morgan fingerprint density at radius 2 is 2.23 bits per heavy atom. The molecule has 1 aromatic heterocycles. The fourth-order valence-electron chi connectivity index (χ4n) is 0.810. The molecule has 0 atom stereocenters. The Bertz CT molecular complexity index is 246. The fourth-order valence-corrected chi connectivity index (χ4v) is 1.77. The summed E-state index contributed by atoms with van der Waals surface area (Å²) in [5.74, 6) is 1.06. The molecule has 0 spiro atoms. The van der Waals surface area contributed by atoms with Gasteiger partial charge in [-0.3, -0.25) is 0 Å². The van der Waals surface area contributed by atoms with E-state index in [2.05, 4.69) is 24.0 Å². The lowest BCUT2D eigenvalue weighted by atomic mass is 10.4. The van der Waals surface area contributed by atoms with Crippen LogP contribution in [0.25, 0.3) is 0 Å². The third kappa shape index (κ3) is 4.15. The fraction of sp³-hybridized carbons (Fsp3) is 0.444. The van der Waals surface area contributed by atoms with Crippen LogP contribution in [0, 0.1) is 0 Å². The van der Waals surface area contributed by atoms with E-state index in [1.54, 1.807) is 18.0 Å². The number of rotatable bonds is 4. The minimum absolute atomic E-state index is 0.719. The largest absolute Gasteiger partial charge is 0.397 e. The summed E-state index contributed by atoms with van der Waals surface area (Å²) < 4.78 is 0. The number of aromatic nitrogens is 1. The van der Waals surface area contributed by atoms with Crippen LogP contribution in [0.4, 0.5) is 5.69 Å². The minimum atomic E-state index is 0.719. The van der Waals surface area contributed by atoms with Crippen molar-refractivity contribution in [2.24, 2.45) is 0 Å². The van der Waals surface area contributed by atoms with Crippen molar-refractivity contribution in [1.29, 1.82) is 0 Å². The van der Waals surface area contributed by atoms with Crippen LogP contribution >= 0.6 is 11.8 Å². The summed E-state index contributed by atoms with van der Waals surface area (Å²) >= 11 is 1.75. The number of thioether (sulfide) groups is 1. The SMILES string of the molecule is CN(C)CCSc1ccc(N)cn1. The van der Waals surface area contributed by atoms with E-state index in [-0.39, 0.29) is 0 Å². The van der Waals surface area contributed by atoms with Gasteiger partial charge in [0.2, 0.25) is 0 Å². The molecule has 4 heteroatoms. The zero-order chi connectivity index (χ0) is 9.68. The normalized spacial score (nSPS) is 10.7. The molecule has 0 radical (unpaired) electrons. The molecular formula is C9H15N3S. The van der Waals surface area contributed by atoms with Crippen molar-refractivity contribution in [3.05, 3.63) is 18.3 Å². The molecule has 2 N–H and O–H groups in total. The Balaban J connectivity index is 2.33. The highest BCUT2D eigenvalue weighted by molar-refractivity contribution is 7.99. The van der Waals surface area contributed by atoms with Crippen molar-refractivity contribution in [1.82, 2.24) is 9.88 Å². The molecule has 0 saturated heterocycles. The predicted octanol–water partition coefficient (Wildman–Crippen LogP) is 1.32. The number of pyridine rings is 1. The Morgan fingerprint density at radius 1 is 1.46 bits per heavy atom. The Labute approximate surface area is 83.3 Å². The first kappa shape index (κ1) is 10.3. The van der Waals surface area contributed by atoms with Gasteiger partial charge in [-0.05, 0) is 26.2 Å². The van der Waals surface area contributed by atoms with Crippen molar-refractivity contribution in [2.75, 3.05) is 32.1 Å². The maximum atomic E-state index is 5.52. The first-order valence-electron chi connectivity index (χ1n) is 4.17. The summed E-state index contributed by atoms with van der Waals surface area (Å²) in [6.07, 6.45) is 1.69. The smallest absolute Gasteiger partial charge is 0.0961 e. The minimum Gasteiger partial charge on any atom is -0.397 e. The van der Waals surface area contributed by atoms with E-state index < -0.39 is 0 Å². The summed E-state index contributed by atoms with van der Waals surface area (Å²) in [7, 11) is 4.13. The molecule has 1 rings (SSSR count). The van der Waals surface area contributed by atoms with Crippen LogP contribution in [0.5, 0.6) is 0 Å². The maximum absolute atomic E-state index is 5.52. The summed E-state index contributed by atoms with van der Waals surface area (Å²) in [6, 6.07) is 3.83. The Morgan fingerprint density at radius 3 is 2.77 bits per heavy atom. The van der Waals surface area contributed by atoms with Crippen LogP contribution in [0.2, 0.25) is 0 Å². The van der Waals surface area contributed by atoms with Gasteiger partial charge in [0.25, 0.3) is 0 Å². The van der Waals surface area contributed by atoms with Gasteiger partial charge in [-0.1, -0.05) is 0 Å². The Hall–Kier alpha value is -0.740. The molecule has 1 heterocycles. The maximum Gasteiger partial charge on any atom is 0.0961 e. The zero-order valence-corrected chi connectivity index (χ0v) is 8.84. The van der Waals surface area contributed by atoms with E-state index in [1.165, 1.54) is 0 Å². The standard InChI is InChI=1S/C9H15N3S/c1-12(2)5-6-13-9-4-3-8(10)7-11-9/h3-4,7H,5-6,10H2,1-2H3. The van der Waals surface area contributed by atoms with Gasteiger partial charge < -0.3 is 10.6 Å². The number of hydrogen-bond acceptors (Lipinski definition) is 4. The van der Waals surface area contributed by atoms with E-state index in [0.717, 1.165) is 23.0 Å². The third-order valence-electron chi connectivity index (χ3n) is 1.55. The topological polar surface area (TPSA) is 42.1 Å². The number of anilines is 1. The van der Waals surface area contributed by atoms with E-state index in [4.69, 9.17) is 5.73 Å². The molecule has 72 valence electrons. The summed E-state index contributed by atoms with van der Waals surface area (Å²) in [4.78, 5) is 6.35. The van der Waals surface area contributed by atoms with Crippen LogP contribution in [-0.4, -0.2) is 36.3 Å². The molecular weight excluding hydrogens is 182 g/mol. The average Bonchev–Trinajstić information content (AvgIpc) is 2.08. The van der Waals surface area contributed by atoms with E-state index in [9.17, 15) is 0 Å². The van der Waals surface area contributed by atoms with Crippen molar-refractivity contribution in [2.45, 2.75) is 5.03 Å². The molecule has 0 amide bonds. The highest BCUT2D eigenvalue weighted by Gasteiger charge is 1.95.